The van der Waals surface area contributed by atoms with Crippen molar-refractivity contribution in [3.05, 3.63) is 64.2 Å². The van der Waals surface area contributed by atoms with E-state index >= 15 is 0 Å². The molecule has 0 spiro atoms. The molecule has 5 heteroatoms. The van der Waals surface area contributed by atoms with Crippen LogP contribution in [0, 0.1) is 0 Å². The second-order valence-corrected chi connectivity index (χ2v) is 6.09. The van der Waals surface area contributed by atoms with Gasteiger partial charge in [-0.15, -0.1) is 0 Å². The predicted molar refractivity (Wildman–Crippen MR) is 87.5 cm³/mol. The minimum absolute atomic E-state index is 0.0770. The average Bonchev–Trinajstić information content (AvgIpc) is 2.62. The van der Waals surface area contributed by atoms with E-state index in [-0.39, 0.29) is 28.4 Å². The zero-order chi connectivity index (χ0) is 16.7. The van der Waals surface area contributed by atoms with E-state index in [2.05, 4.69) is 4.90 Å². The number of morpholine rings is 1. The summed E-state index contributed by atoms with van der Waals surface area (Å²) in [6.07, 6.45) is 0. The Morgan fingerprint density at radius 3 is 2.29 bits per heavy atom. The number of aromatic hydroxyl groups is 1. The van der Waals surface area contributed by atoms with Crippen LogP contribution in [0.3, 0.4) is 0 Å². The van der Waals surface area contributed by atoms with Crippen molar-refractivity contribution < 1.29 is 19.4 Å². The maximum Gasteiger partial charge on any atom is 0.198 e. The standard InChI is InChI=1S/C19H17NO4/c21-17-12(11-20-7-9-24-10-8-20)5-6-15-16(17)19(23)14-4-2-1-3-13(14)18(15)22/h1-6,21H,7-11H2. The van der Waals surface area contributed by atoms with Crippen molar-refractivity contribution in [2.75, 3.05) is 26.3 Å². The monoisotopic (exact) mass is 323 g/mol. The number of benzene rings is 2. The van der Waals surface area contributed by atoms with Crippen molar-refractivity contribution in [1.29, 1.82) is 0 Å². The summed E-state index contributed by atoms with van der Waals surface area (Å²) in [6.45, 7) is 3.43. The highest BCUT2D eigenvalue weighted by atomic mass is 16.5. The molecule has 0 unspecified atom stereocenters. The normalized spacial score (nSPS) is 17.5. The molecule has 4 rings (SSSR count). The molecular weight excluding hydrogens is 306 g/mol. The van der Waals surface area contributed by atoms with Gasteiger partial charge in [-0.1, -0.05) is 30.3 Å². The molecule has 2 aliphatic rings. The Kier molecular flexibility index (Phi) is 3.67. The predicted octanol–water partition coefficient (Wildman–Crippen LogP) is 2.00. The van der Waals surface area contributed by atoms with Crippen molar-refractivity contribution in [3.63, 3.8) is 0 Å². The lowest BCUT2D eigenvalue weighted by atomic mass is 9.82. The molecule has 0 bridgehead atoms. The third-order valence-corrected chi connectivity index (χ3v) is 4.65. The van der Waals surface area contributed by atoms with Crippen LogP contribution in [0.5, 0.6) is 5.75 Å². The van der Waals surface area contributed by atoms with Crippen LogP contribution in [0.25, 0.3) is 0 Å². The van der Waals surface area contributed by atoms with E-state index in [4.69, 9.17) is 4.74 Å². The molecule has 1 N–H and O–H groups in total. The Bertz CT molecular complexity index is 837. The van der Waals surface area contributed by atoms with Gasteiger partial charge in [-0.2, -0.15) is 0 Å². The number of hydrogen-bond donors (Lipinski definition) is 1. The van der Waals surface area contributed by atoms with Crippen molar-refractivity contribution >= 4 is 11.6 Å². The number of ether oxygens (including phenoxy) is 1. The Morgan fingerprint density at radius 2 is 1.58 bits per heavy atom. The van der Waals surface area contributed by atoms with Gasteiger partial charge < -0.3 is 9.84 Å². The highest BCUT2D eigenvalue weighted by molar-refractivity contribution is 6.29. The largest absolute Gasteiger partial charge is 0.507 e. The van der Waals surface area contributed by atoms with E-state index in [1.165, 1.54) is 0 Å². The summed E-state index contributed by atoms with van der Waals surface area (Å²) in [5.74, 6) is -0.582. The van der Waals surface area contributed by atoms with Crippen LogP contribution in [0.4, 0.5) is 0 Å². The third kappa shape index (κ3) is 2.33. The number of phenolic OH excluding ortho intramolecular Hbond substituents is 1. The molecule has 0 radical (unpaired) electrons. The van der Waals surface area contributed by atoms with Gasteiger partial charge in [0, 0.05) is 41.9 Å². The number of carbonyl (C=O) groups excluding carboxylic acids is 2. The Balaban J connectivity index is 1.75. The second kappa shape index (κ2) is 5.85. The zero-order valence-corrected chi connectivity index (χ0v) is 13.1. The molecule has 1 aliphatic heterocycles. The van der Waals surface area contributed by atoms with E-state index < -0.39 is 0 Å². The Hall–Kier alpha value is -2.50. The molecule has 1 fully saturated rings. The van der Waals surface area contributed by atoms with Gasteiger partial charge in [-0.05, 0) is 6.07 Å². The molecule has 0 saturated carbocycles. The first-order valence-corrected chi connectivity index (χ1v) is 8.00. The molecular formula is C19H17NO4. The van der Waals surface area contributed by atoms with E-state index in [9.17, 15) is 14.7 Å². The maximum atomic E-state index is 12.8. The quantitative estimate of drug-likeness (QED) is 0.781. The molecule has 0 atom stereocenters. The van der Waals surface area contributed by atoms with Gasteiger partial charge in [-0.25, -0.2) is 0 Å². The minimum Gasteiger partial charge on any atom is -0.507 e. The van der Waals surface area contributed by atoms with Gasteiger partial charge in [-0.3, -0.25) is 14.5 Å². The molecule has 24 heavy (non-hydrogen) atoms. The number of rotatable bonds is 2. The summed E-state index contributed by atoms with van der Waals surface area (Å²) >= 11 is 0. The van der Waals surface area contributed by atoms with Gasteiger partial charge in [0.05, 0.1) is 18.8 Å². The van der Waals surface area contributed by atoms with Crippen LogP contribution in [0.1, 0.15) is 37.4 Å². The fourth-order valence-corrected chi connectivity index (χ4v) is 3.34. The zero-order valence-electron chi connectivity index (χ0n) is 13.1. The van der Waals surface area contributed by atoms with Crippen LogP contribution >= 0.6 is 0 Å². The first kappa shape index (κ1) is 15.1. The Morgan fingerprint density at radius 1 is 0.917 bits per heavy atom. The van der Waals surface area contributed by atoms with Crippen LogP contribution in [0.15, 0.2) is 36.4 Å². The smallest absolute Gasteiger partial charge is 0.198 e. The van der Waals surface area contributed by atoms with Crippen LogP contribution in [0.2, 0.25) is 0 Å². The molecule has 5 nitrogen and oxygen atoms in total. The summed E-state index contributed by atoms with van der Waals surface area (Å²) in [6, 6.07) is 10.1. The maximum absolute atomic E-state index is 12.8. The molecule has 1 heterocycles. The van der Waals surface area contributed by atoms with E-state index in [1.54, 1.807) is 36.4 Å². The molecule has 1 aliphatic carbocycles. The molecule has 0 aromatic heterocycles. The molecule has 2 aromatic carbocycles. The molecule has 1 saturated heterocycles. The lowest BCUT2D eigenvalue weighted by Gasteiger charge is -2.27. The number of hydrogen-bond acceptors (Lipinski definition) is 5. The number of nitrogens with zero attached hydrogens (tertiary/aromatic N) is 1. The average molecular weight is 323 g/mol. The van der Waals surface area contributed by atoms with Crippen molar-refractivity contribution in [3.8, 4) is 5.75 Å². The van der Waals surface area contributed by atoms with Crippen molar-refractivity contribution in [1.82, 2.24) is 4.90 Å². The lowest BCUT2D eigenvalue weighted by Crippen LogP contribution is -2.35. The summed E-state index contributed by atoms with van der Waals surface area (Å²) in [5, 5.41) is 10.6. The lowest BCUT2D eigenvalue weighted by molar-refractivity contribution is 0.0338. The van der Waals surface area contributed by atoms with Gasteiger partial charge in [0.15, 0.2) is 11.6 Å². The van der Waals surface area contributed by atoms with Crippen LogP contribution in [-0.2, 0) is 11.3 Å². The highest BCUT2D eigenvalue weighted by Crippen LogP contribution is 2.35. The number of phenols is 1. The molecule has 122 valence electrons. The second-order valence-electron chi connectivity index (χ2n) is 6.09. The first-order valence-electron chi connectivity index (χ1n) is 8.00. The van der Waals surface area contributed by atoms with Crippen molar-refractivity contribution in [2.24, 2.45) is 0 Å². The first-order chi connectivity index (χ1) is 11.7. The number of fused-ring (bicyclic) bond motifs is 2. The Labute approximate surface area is 139 Å². The van der Waals surface area contributed by atoms with Crippen LogP contribution < -0.4 is 0 Å². The van der Waals surface area contributed by atoms with E-state index in [0.717, 1.165) is 13.1 Å². The minimum atomic E-state index is -0.290. The van der Waals surface area contributed by atoms with Gasteiger partial charge in [0.1, 0.15) is 5.75 Å². The number of carbonyl (C=O) groups is 2. The van der Waals surface area contributed by atoms with Gasteiger partial charge in [0.25, 0.3) is 0 Å². The van der Waals surface area contributed by atoms with Crippen molar-refractivity contribution in [2.45, 2.75) is 6.54 Å². The number of ketones is 2. The third-order valence-electron chi connectivity index (χ3n) is 4.65. The van der Waals surface area contributed by atoms with E-state index in [1.807, 2.05) is 0 Å². The fourth-order valence-electron chi connectivity index (χ4n) is 3.34. The SMILES string of the molecule is O=C1c2ccccc2C(=O)c2c1ccc(CN1CCOCC1)c2O. The van der Waals surface area contributed by atoms with Gasteiger partial charge >= 0.3 is 0 Å². The summed E-state index contributed by atoms with van der Waals surface area (Å²) < 4.78 is 5.33. The summed E-state index contributed by atoms with van der Waals surface area (Å²) in [5.41, 5.74) is 1.83. The summed E-state index contributed by atoms with van der Waals surface area (Å²) in [4.78, 5) is 27.6. The van der Waals surface area contributed by atoms with Gasteiger partial charge in [0.2, 0.25) is 0 Å². The summed E-state index contributed by atoms with van der Waals surface area (Å²) in [7, 11) is 0. The molecule has 2 aromatic rings. The molecule has 0 amide bonds. The topological polar surface area (TPSA) is 66.8 Å². The highest BCUT2D eigenvalue weighted by Gasteiger charge is 2.32. The van der Waals surface area contributed by atoms with E-state index in [0.29, 0.717) is 36.4 Å². The van der Waals surface area contributed by atoms with Crippen LogP contribution in [-0.4, -0.2) is 47.9 Å². The fraction of sp³-hybridized carbons (Fsp3) is 0.263.